The van der Waals surface area contributed by atoms with Crippen LogP contribution in [0.4, 0.5) is 4.39 Å². The quantitative estimate of drug-likeness (QED) is 0.336. The number of aliphatic carboxylic acids is 1. The lowest BCUT2D eigenvalue weighted by Gasteiger charge is -2.25. The molecule has 0 aliphatic heterocycles. The summed E-state index contributed by atoms with van der Waals surface area (Å²) in [5, 5.41) is 9.41. The topological polar surface area (TPSA) is 55.8 Å². The maximum atomic E-state index is 14.8. The molecule has 1 fully saturated rings. The summed E-state index contributed by atoms with van der Waals surface area (Å²) < 4.78 is 26.2. The van der Waals surface area contributed by atoms with Gasteiger partial charge in [0.2, 0.25) is 0 Å². The van der Waals surface area contributed by atoms with Crippen LogP contribution < -0.4 is 9.47 Å². The van der Waals surface area contributed by atoms with Crippen molar-refractivity contribution >= 4 is 5.97 Å². The molecule has 1 aliphatic carbocycles. The molecule has 0 saturated heterocycles. The Morgan fingerprint density at radius 1 is 1.06 bits per heavy atom. The van der Waals surface area contributed by atoms with Gasteiger partial charge in [0.25, 0.3) is 0 Å². The summed E-state index contributed by atoms with van der Waals surface area (Å²) in [6.07, 6.45) is 1.20. The van der Waals surface area contributed by atoms with Crippen molar-refractivity contribution in [2.75, 3.05) is 7.11 Å². The smallest absolute Gasteiger partial charge is 0.303 e. The Morgan fingerprint density at radius 2 is 1.81 bits per heavy atom. The van der Waals surface area contributed by atoms with Crippen molar-refractivity contribution in [2.24, 2.45) is 11.8 Å². The Balaban J connectivity index is 1.58. The van der Waals surface area contributed by atoms with Crippen molar-refractivity contribution in [2.45, 2.75) is 58.5 Å². The van der Waals surface area contributed by atoms with Gasteiger partial charge in [0.15, 0.2) is 0 Å². The van der Waals surface area contributed by atoms with Gasteiger partial charge in [0.1, 0.15) is 23.9 Å². The number of hydrogen-bond acceptors (Lipinski definition) is 3. The fraction of sp³-hybridized carbons (Fsp3) is 0.387. The van der Waals surface area contributed by atoms with E-state index >= 15 is 0 Å². The number of hydrogen-bond donors (Lipinski definition) is 1. The Bertz CT molecular complexity index is 1240. The van der Waals surface area contributed by atoms with Crippen LogP contribution in [-0.4, -0.2) is 18.2 Å². The Morgan fingerprint density at radius 3 is 2.44 bits per heavy atom. The van der Waals surface area contributed by atoms with Crippen molar-refractivity contribution in [3.05, 3.63) is 83.2 Å². The average Bonchev–Trinajstić information content (AvgIpc) is 3.57. The summed E-state index contributed by atoms with van der Waals surface area (Å²) >= 11 is 0. The number of benzene rings is 3. The number of rotatable bonds is 9. The SMILES string of the molecule is COc1ccc(F)c(-c2ccc(COc3cccc([C@@H](CC(=O)O)[C@@H]4C[C@@H]4C)c3)cc2C(C)(C)C)c1. The Hall–Kier alpha value is -3.34. The van der Waals surface area contributed by atoms with E-state index in [2.05, 4.69) is 33.8 Å². The molecule has 0 amide bonds. The van der Waals surface area contributed by atoms with Crippen LogP contribution in [0.5, 0.6) is 11.5 Å². The Labute approximate surface area is 213 Å². The van der Waals surface area contributed by atoms with Gasteiger partial charge in [-0.25, -0.2) is 4.39 Å². The molecule has 5 heteroatoms. The van der Waals surface area contributed by atoms with Crippen LogP contribution in [0.1, 0.15) is 63.1 Å². The maximum absolute atomic E-state index is 14.8. The zero-order valence-electron chi connectivity index (χ0n) is 21.7. The highest BCUT2D eigenvalue weighted by Gasteiger charge is 2.41. The third-order valence-electron chi connectivity index (χ3n) is 7.13. The van der Waals surface area contributed by atoms with Crippen molar-refractivity contribution < 1.29 is 23.8 Å². The molecule has 1 saturated carbocycles. The fourth-order valence-corrected chi connectivity index (χ4v) is 4.99. The summed E-state index contributed by atoms with van der Waals surface area (Å²) in [4.78, 5) is 11.5. The van der Waals surface area contributed by atoms with E-state index in [1.807, 2.05) is 36.4 Å². The second-order valence-electron chi connectivity index (χ2n) is 10.9. The minimum atomic E-state index is -0.771. The minimum Gasteiger partial charge on any atom is -0.497 e. The van der Waals surface area contributed by atoms with E-state index < -0.39 is 5.97 Å². The lowest BCUT2D eigenvalue weighted by molar-refractivity contribution is -0.137. The molecular formula is C31H35FO4. The zero-order valence-corrected chi connectivity index (χ0v) is 21.7. The fourth-order valence-electron chi connectivity index (χ4n) is 4.99. The van der Waals surface area contributed by atoms with E-state index in [4.69, 9.17) is 9.47 Å². The van der Waals surface area contributed by atoms with Crippen LogP contribution >= 0.6 is 0 Å². The van der Waals surface area contributed by atoms with Gasteiger partial charge in [-0.05, 0) is 82.2 Å². The van der Waals surface area contributed by atoms with Gasteiger partial charge in [-0.3, -0.25) is 4.79 Å². The normalized spacial score (nSPS) is 17.9. The van der Waals surface area contributed by atoms with Gasteiger partial charge in [0, 0.05) is 5.56 Å². The molecule has 3 aromatic carbocycles. The van der Waals surface area contributed by atoms with E-state index in [-0.39, 0.29) is 23.6 Å². The van der Waals surface area contributed by atoms with E-state index in [1.54, 1.807) is 19.2 Å². The van der Waals surface area contributed by atoms with Crippen LogP contribution in [0.25, 0.3) is 11.1 Å². The molecule has 0 radical (unpaired) electrons. The van der Waals surface area contributed by atoms with Gasteiger partial charge >= 0.3 is 5.97 Å². The summed E-state index contributed by atoms with van der Waals surface area (Å²) in [5.74, 6) is 1.25. The lowest BCUT2D eigenvalue weighted by atomic mass is 9.81. The summed E-state index contributed by atoms with van der Waals surface area (Å²) in [6.45, 7) is 8.86. The summed E-state index contributed by atoms with van der Waals surface area (Å²) in [6, 6.07) is 18.6. The highest BCUT2D eigenvalue weighted by atomic mass is 19.1. The minimum absolute atomic E-state index is 0.00517. The first kappa shape index (κ1) is 25.7. The van der Waals surface area contributed by atoms with Gasteiger partial charge in [0.05, 0.1) is 13.5 Å². The number of methoxy groups -OCH3 is 1. The molecule has 0 aromatic heterocycles. The molecule has 3 atom stereocenters. The molecule has 3 aromatic rings. The molecule has 4 rings (SSSR count). The van der Waals surface area contributed by atoms with E-state index in [0.717, 1.165) is 34.4 Å². The molecule has 36 heavy (non-hydrogen) atoms. The van der Waals surface area contributed by atoms with Crippen LogP contribution in [0, 0.1) is 17.7 Å². The standard InChI is InChI=1S/C31H35FO4/c1-19-13-25(19)26(17-30(33)34)21-7-6-8-23(15-21)36-18-20-9-11-24(28(14-20)31(2,3)4)27-16-22(35-5)10-12-29(27)32/h6-12,14-16,19,25-26H,13,17-18H2,1-5H3,(H,33,34)/t19-,25+,26+/m0/s1. The Kier molecular flexibility index (Phi) is 7.39. The van der Waals surface area contributed by atoms with Crippen LogP contribution in [0.15, 0.2) is 60.7 Å². The highest BCUT2D eigenvalue weighted by molar-refractivity contribution is 5.71. The molecule has 0 spiro atoms. The molecule has 0 heterocycles. The number of ether oxygens (including phenoxy) is 2. The van der Waals surface area contributed by atoms with E-state index in [0.29, 0.717) is 29.8 Å². The first-order valence-electron chi connectivity index (χ1n) is 12.5. The molecule has 4 nitrogen and oxygen atoms in total. The summed E-state index contributed by atoms with van der Waals surface area (Å²) in [7, 11) is 1.58. The number of carboxylic acids is 1. The number of carboxylic acid groups (broad SMARTS) is 1. The lowest BCUT2D eigenvalue weighted by Crippen LogP contribution is -2.14. The van der Waals surface area contributed by atoms with Gasteiger partial charge in [-0.2, -0.15) is 0 Å². The third kappa shape index (κ3) is 5.89. The van der Waals surface area contributed by atoms with Gasteiger partial charge in [-0.1, -0.05) is 58.0 Å². The van der Waals surface area contributed by atoms with Crippen LogP contribution in [0.3, 0.4) is 0 Å². The second kappa shape index (κ2) is 10.3. The van der Waals surface area contributed by atoms with Gasteiger partial charge < -0.3 is 14.6 Å². The predicted octanol–water partition coefficient (Wildman–Crippen LogP) is 7.59. The van der Waals surface area contributed by atoms with Gasteiger partial charge in [-0.15, -0.1) is 0 Å². The first-order valence-corrected chi connectivity index (χ1v) is 12.5. The monoisotopic (exact) mass is 490 g/mol. The highest BCUT2D eigenvalue weighted by Crippen LogP contribution is 2.50. The molecule has 0 unspecified atom stereocenters. The predicted molar refractivity (Wildman–Crippen MR) is 140 cm³/mol. The molecule has 0 bridgehead atoms. The molecule has 190 valence electrons. The van der Waals surface area contributed by atoms with E-state index in [9.17, 15) is 14.3 Å². The van der Waals surface area contributed by atoms with E-state index in [1.165, 1.54) is 6.07 Å². The third-order valence-corrected chi connectivity index (χ3v) is 7.13. The molecule has 1 aliphatic rings. The largest absolute Gasteiger partial charge is 0.497 e. The summed E-state index contributed by atoms with van der Waals surface area (Å²) in [5.41, 5.74) is 4.15. The zero-order chi connectivity index (χ0) is 26.0. The van der Waals surface area contributed by atoms with Crippen molar-refractivity contribution in [1.29, 1.82) is 0 Å². The second-order valence-corrected chi connectivity index (χ2v) is 10.9. The molecular weight excluding hydrogens is 455 g/mol. The van der Waals surface area contributed by atoms with Crippen molar-refractivity contribution in [3.8, 4) is 22.6 Å². The molecule has 1 N–H and O–H groups in total. The number of halogens is 1. The average molecular weight is 491 g/mol. The number of carbonyl (C=O) groups is 1. The maximum Gasteiger partial charge on any atom is 0.303 e. The van der Waals surface area contributed by atoms with Crippen LogP contribution in [-0.2, 0) is 16.8 Å². The van der Waals surface area contributed by atoms with Crippen LogP contribution in [0.2, 0.25) is 0 Å². The van der Waals surface area contributed by atoms with Crippen molar-refractivity contribution in [1.82, 2.24) is 0 Å². The first-order chi connectivity index (χ1) is 17.1. The van der Waals surface area contributed by atoms with Crippen molar-refractivity contribution in [3.63, 3.8) is 0 Å².